The maximum Gasteiger partial charge on any atom is 0.326 e. The van der Waals surface area contributed by atoms with Crippen LogP contribution in [0.2, 0.25) is 0 Å². The van der Waals surface area contributed by atoms with E-state index < -0.39 is 12.0 Å². The number of urea groups is 1. The molecule has 1 fully saturated rings. The summed E-state index contributed by atoms with van der Waals surface area (Å²) < 4.78 is 0. The molecule has 1 rings (SSSR count). The molecule has 0 spiro atoms. The third-order valence-electron chi connectivity index (χ3n) is 2.59. The number of aliphatic carboxylic acids is 1. The number of hydrogen-bond acceptors (Lipinski definition) is 3. The number of nitrogens with one attached hydrogen (secondary N) is 2. The highest BCUT2D eigenvalue weighted by molar-refractivity contribution is 7.99. The van der Waals surface area contributed by atoms with E-state index in [1.54, 1.807) is 6.92 Å². The summed E-state index contributed by atoms with van der Waals surface area (Å²) in [7, 11) is 0. The fourth-order valence-corrected chi connectivity index (χ4v) is 2.81. The van der Waals surface area contributed by atoms with E-state index in [1.807, 2.05) is 11.8 Å². The molecule has 1 aliphatic rings. The molecule has 16 heavy (non-hydrogen) atoms. The molecule has 0 aromatic carbocycles. The van der Waals surface area contributed by atoms with E-state index in [-0.39, 0.29) is 6.03 Å². The van der Waals surface area contributed by atoms with Crippen molar-refractivity contribution in [3.8, 4) is 0 Å². The summed E-state index contributed by atoms with van der Waals surface area (Å²) in [6.07, 6.45) is 1.52. The Morgan fingerprint density at radius 2 is 2.31 bits per heavy atom. The van der Waals surface area contributed by atoms with Gasteiger partial charge in [-0.3, -0.25) is 0 Å². The summed E-state index contributed by atoms with van der Waals surface area (Å²) >= 11 is 1.89. The summed E-state index contributed by atoms with van der Waals surface area (Å²) in [5.74, 6) is 1.77. The number of carbonyl (C=O) groups is 2. The number of rotatable bonds is 5. The fourth-order valence-electron chi connectivity index (χ4n) is 1.53. The second kappa shape index (κ2) is 6.62. The first-order valence-corrected chi connectivity index (χ1v) is 6.63. The molecule has 1 saturated heterocycles. The molecule has 3 N–H and O–H groups in total. The summed E-state index contributed by atoms with van der Waals surface area (Å²) in [5.41, 5.74) is 0. The molecule has 0 aromatic rings. The molecular formula is C10H18N2O3S. The minimum Gasteiger partial charge on any atom is -0.480 e. The first kappa shape index (κ1) is 13.2. The molecule has 2 atom stereocenters. The molecule has 5 nitrogen and oxygen atoms in total. The third-order valence-corrected chi connectivity index (χ3v) is 3.82. The molecule has 0 saturated carbocycles. The molecule has 2 amide bonds. The van der Waals surface area contributed by atoms with Crippen molar-refractivity contribution < 1.29 is 14.7 Å². The highest BCUT2D eigenvalue weighted by atomic mass is 32.2. The highest BCUT2D eigenvalue weighted by Gasteiger charge is 2.19. The van der Waals surface area contributed by atoms with Crippen molar-refractivity contribution in [1.82, 2.24) is 10.6 Å². The Morgan fingerprint density at radius 1 is 1.56 bits per heavy atom. The molecule has 1 aliphatic heterocycles. The van der Waals surface area contributed by atoms with E-state index in [0.717, 1.165) is 17.9 Å². The molecule has 1 unspecified atom stereocenters. The second-order valence-electron chi connectivity index (χ2n) is 3.88. The lowest BCUT2D eigenvalue weighted by Gasteiger charge is -2.14. The van der Waals surface area contributed by atoms with Gasteiger partial charge in [-0.05, 0) is 30.3 Å². The van der Waals surface area contributed by atoms with Gasteiger partial charge in [0.05, 0.1) is 0 Å². The quantitative estimate of drug-likeness (QED) is 0.673. The zero-order valence-corrected chi connectivity index (χ0v) is 10.2. The van der Waals surface area contributed by atoms with E-state index in [0.29, 0.717) is 18.9 Å². The van der Waals surface area contributed by atoms with Gasteiger partial charge >= 0.3 is 12.0 Å². The van der Waals surface area contributed by atoms with Crippen molar-refractivity contribution in [1.29, 1.82) is 0 Å². The van der Waals surface area contributed by atoms with E-state index >= 15 is 0 Å². The molecule has 0 aliphatic carbocycles. The van der Waals surface area contributed by atoms with E-state index in [1.165, 1.54) is 0 Å². The standard InChI is InChI=1S/C10H18N2O3S/c1-2-8(9(13)14)12-10(15)11-5-7-3-4-16-6-7/h7-8H,2-6H2,1H3,(H,13,14)(H2,11,12,15)/t7?,8-/m1/s1. The van der Waals surface area contributed by atoms with E-state index in [4.69, 9.17) is 5.11 Å². The lowest BCUT2D eigenvalue weighted by Crippen LogP contribution is -2.46. The van der Waals surface area contributed by atoms with Crippen LogP contribution in [0.25, 0.3) is 0 Å². The van der Waals surface area contributed by atoms with Crippen LogP contribution in [0.15, 0.2) is 0 Å². The Kier molecular flexibility index (Phi) is 5.45. The van der Waals surface area contributed by atoms with Crippen LogP contribution in [0.3, 0.4) is 0 Å². The fraction of sp³-hybridized carbons (Fsp3) is 0.800. The van der Waals surface area contributed by atoms with E-state index in [2.05, 4.69) is 10.6 Å². The van der Waals surface area contributed by atoms with Crippen molar-refractivity contribution in [2.75, 3.05) is 18.1 Å². The Labute approximate surface area is 99.4 Å². The van der Waals surface area contributed by atoms with Gasteiger partial charge < -0.3 is 15.7 Å². The van der Waals surface area contributed by atoms with Crippen molar-refractivity contribution in [3.05, 3.63) is 0 Å². The van der Waals surface area contributed by atoms with Crippen LogP contribution >= 0.6 is 11.8 Å². The number of carboxylic acid groups (broad SMARTS) is 1. The van der Waals surface area contributed by atoms with Gasteiger partial charge in [0.1, 0.15) is 6.04 Å². The summed E-state index contributed by atoms with van der Waals surface area (Å²) in [6.45, 7) is 2.36. The van der Waals surface area contributed by atoms with Crippen LogP contribution in [0, 0.1) is 5.92 Å². The zero-order chi connectivity index (χ0) is 12.0. The van der Waals surface area contributed by atoms with Crippen LogP contribution in [0.4, 0.5) is 4.79 Å². The average Bonchev–Trinajstić information content (AvgIpc) is 2.75. The summed E-state index contributed by atoms with van der Waals surface area (Å²) in [6, 6.07) is -1.18. The van der Waals surface area contributed by atoms with Gasteiger partial charge in [-0.25, -0.2) is 9.59 Å². The first-order valence-electron chi connectivity index (χ1n) is 5.48. The molecule has 0 aromatic heterocycles. The monoisotopic (exact) mass is 246 g/mol. The molecule has 0 bridgehead atoms. The Hall–Kier alpha value is -0.910. The molecular weight excluding hydrogens is 228 g/mol. The van der Waals surface area contributed by atoms with Gasteiger partial charge in [0.15, 0.2) is 0 Å². The Bertz CT molecular complexity index is 254. The van der Waals surface area contributed by atoms with Crippen LogP contribution in [0.1, 0.15) is 19.8 Å². The lowest BCUT2D eigenvalue weighted by atomic mass is 10.1. The first-order chi connectivity index (χ1) is 7.63. The highest BCUT2D eigenvalue weighted by Crippen LogP contribution is 2.22. The smallest absolute Gasteiger partial charge is 0.326 e. The van der Waals surface area contributed by atoms with Crippen LogP contribution in [0.5, 0.6) is 0 Å². The minimum atomic E-state index is -0.992. The van der Waals surface area contributed by atoms with Crippen LogP contribution < -0.4 is 10.6 Å². The van der Waals surface area contributed by atoms with Gasteiger partial charge in [-0.15, -0.1) is 0 Å². The van der Waals surface area contributed by atoms with Gasteiger partial charge in [0.25, 0.3) is 0 Å². The van der Waals surface area contributed by atoms with Gasteiger partial charge in [0, 0.05) is 6.54 Å². The lowest BCUT2D eigenvalue weighted by molar-refractivity contribution is -0.139. The van der Waals surface area contributed by atoms with Crippen LogP contribution in [-0.2, 0) is 4.79 Å². The topological polar surface area (TPSA) is 78.4 Å². The molecule has 1 heterocycles. The largest absolute Gasteiger partial charge is 0.480 e. The summed E-state index contributed by atoms with van der Waals surface area (Å²) in [5, 5.41) is 13.9. The zero-order valence-electron chi connectivity index (χ0n) is 9.36. The van der Waals surface area contributed by atoms with Gasteiger partial charge in [0.2, 0.25) is 0 Å². The van der Waals surface area contributed by atoms with Gasteiger partial charge in [-0.2, -0.15) is 11.8 Å². The van der Waals surface area contributed by atoms with Crippen molar-refractivity contribution in [3.63, 3.8) is 0 Å². The number of carboxylic acids is 1. The molecule has 0 radical (unpaired) electrons. The number of carbonyl (C=O) groups excluding carboxylic acids is 1. The molecule has 6 heteroatoms. The summed E-state index contributed by atoms with van der Waals surface area (Å²) in [4.78, 5) is 22.1. The average molecular weight is 246 g/mol. The van der Waals surface area contributed by atoms with E-state index in [9.17, 15) is 9.59 Å². The number of amides is 2. The van der Waals surface area contributed by atoms with Gasteiger partial charge in [-0.1, -0.05) is 6.92 Å². The van der Waals surface area contributed by atoms with Crippen LogP contribution in [-0.4, -0.2) is 41.2 Å². The predicted molar refractivity (Wildman–Crippen MR) is 63.7 cm³/mol. The SMILES string of the molecule is CC[C@@H](NC(=O)NCC1CCSC1)C(=O)O. The Balaban J connectivity index is 2.21. The van der Waals surface area contributed by atoms with Crippen molar-refractivity contribution >= 4 is 23.8 Å². The minimum absolute atomic E-state index is 0.383. The number of thioether (sulfide) groups is 1. The molecule has 92 valence electrons. The van der Waals surface area contributed by atoms with Crippen molar-refractivity contribution in [2.45, 2.75) is 25.8 Å². The Morgan fingerprint density at radius 3 is 2.81 bits per heavy atom. The maximum atomic E-state index is 11.4. The van der Waals surface area contributed by atoms with Crippen molar-refractivity contribution in [2.24, 2.45) is 5.92 Å². The second-order valence-corrected chi connectivity index (χ2v) is 5.03. The normalized spacial score (nSPS) is 21.4. The number of hydrogen-bond donors (Lipinski definition) is 3. The predicted octanol–water partition coefficient (Wildman–Crippen LogP) is 0.902. The third kappa shape index (κ3) is 4.30. The maximum absolute atomic E-state index is 11.4.